The van der Waals surface area contributed by atoms with E-state index < -0.39 is 0 Å². The fourth-order valence-corrected chi connectivity index (χ4v) is 1.42. The van der Waals surface area contributed by atoms with Crippen LogP contribution in [0.1, 0.15) is 25.3 Å². The molecule has 0 aliphatic carbocycles. The van der Waals surface area contributed by atoms with E-state index in [-0.39, 0.29) is 6.04 Å². The highest BCUT2D eigenvalue weighted by atomic mass is 35.5. The van der Waals surface area contributed by atoms with Gasteiger partial charge >= 0.3 is 0 Å². The summed E-state index contributed by atoms with van der Waals surface area (Å²) in [5, 5.41) is 0.658. The normalized spacial score (nSPS) is 12.5. The Hall–Kier alpha value is -0.730. The van der Waals surface area contributed by atoms with Crippen molar-refractivity contribution >= 4 is 11.6 Å². The second kappa shape index (κ2) is 5.99. The lowest BCUT2D eigenvalue weighted by molar-refractivity contribution is 0.296. The molecule has 2 N–H and O–H groups in total. The molecule has 15 heavy (non-hydrogen) atoms. The predicted octanol–water partition coefficient (Wildman–Crippen LogP) is 3.15. The molecule has 0 aliphatic heterocycles. The first-order valence-electron chi connectivity index (χ1n) is 5.28. The van der Waals surface area contributed by atoms with Gasteiger partial charge in [-0.2, -0.15) is 0 Å². The molecule has 0 fully saturated rings. The summed E-state index contributed by atoms with van der Waals surface area (Å²) in [5.41, 5.74) is 6.94. The van der Waals surface area contributed by atoms with Gasteiger partial charge in [0.15, 0.2) is 0 Å². The molecule has 0 amide bonds. The molecule has 0 heterocycles. The summed E-state index contributed by atoms with van der Waals surface area (Å²) in [5.74, 6) is 0.750. The second-order valence-corrected chi connectivity index (χ2v) is 4.15. The topological polar surface area (TPSA) is 35.2 Å². The number of rotatable bonds is 5. The van der Waals surface area contributed by atoms with E-state index >= 15 is 0 Å². The molecule has 1 aromatic rings. The van der Waals surface area contributed by atoms with E-state index in [2.05, 4.69) is 6.92 Å². The van der Waals surface area contributed by atoms with Crippen molar-refractivity contribution in [2.45, 2.75) is 32.7 Å². The Bertz CT molecular complexity index is 314. The predicted molar refractivity (Wildman–Crippen MR) is 64.6 cm³/mol. The Morgan fingerprint density at radius 1 is 1.47 bits per heavy atom. The maximum atomic E-state index is 5.99. The summed E-state index contributed by atoms with van der Waals surface area (Å²) in [7, 11) is 0. The zero-order valence-corrected chi connectivity index (χ0v) is 10.1. The van der Waals surface area contributed by atoms with Crippen LogP contribution in [0, 0.1) is 6.92 Å². The van der Waals surface area contributed by atoms with Crippen LogP contribution in [0.2, 0.25) is 5.02 Å². The van der Waals surface area contributed by atoms with Gasteiger partial charge in [-0.3, -0.25) is 0 Å². The van der Waals surface area contributed by atoms with Crippen LogP contribution in [-0.4, -0.2) is 12.6 Å². The van der Waals surface area contributed by atoms with E-state index in [1.165, 1.54) is 0 Å². The van der Waals surface area contributed by atoms with Crippen LogP contribution < -0.4 is 10.5 Å². The van der Waals surface area contributed by atoms with Crippen LogP contribution in [0.4, 0.5) is 0 Å². The van der Waals surface area contributed by atoms with Crippen molar-refractivity contribution in [1.29, 1.82) is 0 Å². The number of benzene rings is 1. The molecule has 0 bridgehead atoms. The maximum Gasteiger partial charge on any atom is 0.138 e. The summed E-state index contributed by atoms with van der Waals surface area (Å²) in [4.78, 5) is 0. The standard InChI is InChI=1S/C12H18ClNO/c1-3-10(14)6-7-15-12-8-9(2)4-5-11(12)13/h4-5,8,10H,3,6-7,14H2,1-2H3. The van der Waals surface area contributed by atoms with Crippen LogP contribution in [0.5, 0.6) is 5.75 Å². The summed E-state index contributed by atoms with van der Waals surface area (Å²) < 4.78 is 5.58. The number of ether oxygens (including phenoxy) is 1. The average Bonchev–Trinajstić information content (AvgIpc) is 2.23. The van der Waals surface area contributed by atoms with Crippen LogP contribution in [0.25, 0.3) is 0 Å². The molecule has 1 atom stereocenters. The minimum Gasteiger partial charge on any atom is -0.492 e. The summed E-state index contributed by atoms with van der Waals surface area (Å²) in [6.07, 6.45) is 1.84. The molecule has 84 valence electrons. The van der Waals surface area contributed by atoms with Gasteiger partial charge in [-0.15, -0.1) is 0 Å². The molecule has 0 aromatic heterocycles. The van der Waals surface area contributed by atoms with Crippen molar-refractivity contribution in [2.75, 3.05) is 6.61 Å². The van der Waals surface area contributed by atoms with E-state index in [1.807, 2.05) is 25.1 Å². The Morgan fingerprint density at radius 2 is 2.20 bits per heavy atom. The van der Waals surface area contributed by atoms with Crippen LogP contribution in [0.3, 0.4) is 0 Å². The van der Waals surface area contributed by atoms with E-state index in [1.54, 1.807) is 0 Å². The first kappa shape index (κ1) is 12.3. The van der Waals surface area contributed by atoms with Gasteiger partial charge in [-0.1, -0.05) is 24.6 Å². The van der Waals surface area contributed by atoms with Gasteiger partial charge in [0, 0.05) is 6.04 Å². The second-order valence-electron chi connectivity index (χ2n) is 3.74. The Kier molecular flexibility index (Phi) is 4.92. The lowest BCUT2D eigenvalue weighted by atomic mass is 10.2. The highest BCUT2D eigenvalue weighted by Crippen LogP contribution is 2.25. The van der Waals surface area contributed by atoms with Gasteiger partial charge in [0.05, 0.1) is 11.6 Å². The monoisotopic (exact) mass is 227 g/mol. The molecule has 0 spiro atoms. The van der Waals surface area contributed by atoms with Crippen LogP contribution in [-0.2, 0) is 0 Å². The molecular formula is C12H18ClNO. The average molecular weight is 228 g/mol. The van der Waals surface area contributed by atoms with Gasteiger partial charge in [0.25, 0.3) is 0 Å². The lowest BCUT2D eigenvalue weighted by Crippen LogP contribution is -2.21. The van der Waals surface area contributed by atoms with Crippen LogP contribution >= 0.6 is 11.6 Å². The van der Waals surface area contributed by atoms with Crippen molar-refractivity contribution in [1.82, 2.24) is 0 Å². The molecular weight excluding hydrogens is 210 g/mol. The number of aryl methyl sites for hydroxylation is 1. The van der Waals surface area contributed by atoms with Gasteiger partial charge in [-0.05, 0) is 37.5 Å². The molecule has 0 saturated carbocycles. The SMILES string of the molecule is CCC(N)CCOc1cc(C)ccc1Cl. The number of nitrogens with two attached hydrogens (primary N) is 1. The van der Waals surface area contributed by atoms with Crippen LogP contribution in [0.15, 0.2) is 18.2 Å². The van der Waals surface area contributed by atoms with Gasteiger partial charge < -0.3 is 10.5 Å². The molecule has 3 heteroatoms. The quantitative estimate of drug-likeness (QED) is 0.839. The Balaban J connectivity index is 2.46. The molecule has 1 aromatic carbocycles. The molecule has 2 nitrogen and oxygen atoms in total. The molecule has 0 radical (unpaired) electrons. The fraction of sp³-hybridized carbons (Fsp3) is 0.500. The van der Waals surface area contributed by atoms with Crippen molar-refractivity contribution in [3.05, 3.63) is 28.8 Å². The first-order chi connectivity index (χ1) is 7.13. The summed E-state index contributed by atoms with van der Waals surface area (Å²) >= 11 is 5.99. The van der Waals surface area contributed by atoms with E-state index in [0.717, 1.165) is 24.2 Å². The molecule has 1 unspecified atom stereocenters. The highest BCUT2D eigenvalue weighted by molar-refractivity contribution is 6.32. The van der Waals surface area contributed by atoms with Gasteiger partial charge in [0.1, 0.15) is 5.75 Å². The van der Waals surface area contributed by atoms with Crippen molar-refractivity contribution in [2.24, 2.45) is 5.73 Å². The smallest absolute Gasteiger partial charge is 0.138 e. The van der Waals surface area contributed by atoms with E-state index in [0.29, 0.717) is 11.6 Å². The largest absolute Gasteiger partial charge is 0.492 e. The third-order valence-corrected chi connectivity index (χ3v) is 2.67. The number of hydrogen-bond donors (Lipinski definition) is 1. The summed E-state index contributed by atoms with van der Waals surface area (Å²) in [6.45, 7) is 4.71. The van der Waals surface area contributed by atoms with Gasteiger partial charge in [-0.25, -0.2) is 0 Å². The first-order valence-corrected chi connectivity index (χ1v) is 5.65. The van der Waals surface area contributed by atoms with Crippen molar-refractivity contribution in [3.8, 4) is 5.75 Å². The highest BCUT2D eigenvalue weighted by Gasteiger charge is 2.03. The van der Waals surface area contributed by atoms with E-state index in [9.17, 15) is 0 Å². The Labute approximate surface area is 96.4 Å². The lowest BCUT2D eigenvalue weighted by Gasteiger charge is -2.11. The zero-order chi connectivity index (χ0) is 11.3. The zero-order valence-electron chi connectivity index (χ0n) is 9.29. The van der Waals surface area contributed by atoms with Gasteiger partial charge in [0.2, 0.25) is 0 Å². The third-order valence-electron chi connectivity index (χ3n) is 2.36. The maximum absolute atomic E-state index is 5.99. The third kappa shape index (κ3) is 4.10. The molecule has 1 rings (SSSR count). The minimum atomic E-state index is 0.216. The number of hydrogen-bond acceptors (Lipinski definition) is 2. The minimum absolute atomic E-state index is 0.216. The van der Waals surface area contributed by atoms with Crippen molar-refractivity contribution in [3.63, 3.8) is 0 Å². The molecule has 0 aliphatic rings. The number of halogens is 1. The summed E-state index contributed by atoms with van der Waals surface area (Å²) in [6, 6.07) is 5.98. The fourth-order valence-electron chi connectivity index (χ4n) is 1.25. The van der Waals surface area contributed by atoms with Crippen molar-refractivity contribution < 1.29 is 4.74 Å². The molecule has 0 saturated heterocycles. The van der Waals surface area contributed by atoms with E-state index in [4.69, 9.17) is 22.1 Å². The Morgan fingerprint density at radius 3 is 2.87 bits per heavy atom.